The first-order valence-corrected chi connectivity index (χ1v) is 4.93. The van der Waals surface area contributed by atoms with Crippen LogP contribution in [0, 0.1) is 35.5 Å². The van der Waals surface area contributed by atoms with Crippen molar-refractivity contribution < 1.29 is 0 Å². The van der Waals surface area contributed by atoms with Crippen molar-refractivity contribution in [3.63, 3.8) is 0 Å². The second kappa shape index (κ2) is 1.43. The number of hydrogen-bond acceptors (Lipinski definition) is 1. The van der Waals surface area contributed by atoms with Crippen molar-refractivity contribution in [3.8, 4) is 0 Å². The summed E-state index contributed by atoms with van der Waals surface area (Å²) in [7, 11) is 0. The standard InChI is InChI=1S/C9H14S/c1-3-5-4(2)9(10)8-6(3)7(5)8/h3-10H,1-2H3. The van der Waals surface area contributed by atoms with Gasteiger partial charge in [-0.1, -0.05) is 13.8 Å². The zero-order valence-electron chi connectivity index (χ0n) is 6.49. The van der Waals surface area contributed by atoms with Gasteiger partial charge in [-0.2, -0.15) is 12.6 Å². The van der Waals surface area contributed by atoms with E-state index < -0.39 is 0 Å². The van der Waals surface area contributed by atoms with Crippen LogP contribution in [0.15, 0.2) is 0 Å². The van der Waals surface area contributed by atoms with Crippen LogP contribution < -0.4 is 0 Å². The van der Waals surface area contributed by atoms with Gasteiger partial charge >= 0.3 is 0 Å². The Hall–Kier alpha value is 0.350. The van der Waals surface area contributed by atoms with E-state index in [0.717, 1.165) is 40.8 Å². The largest absolute Gasteiger partial charge is 0.175 e. The molecule has 3 fully saturated rings. The Morgan fingerprint density at radius 1 is 0.800 bits per heavy atom. The maximum absolute atomic E-state index is 4.65. The second-order valence-corrected chi connectivity index (χ2v) is 5.11. The molecule has 0 nitrogen and oxygen atoms in total. The second-order valence-electron chi connectivity index (χ2n) is 4.52. The van der Waals surface area contributed by atoms with E-state index >= 15 is 0 Å². The van der Waals surface area contributed by atoms with Crippen LogP contribution >= 0.6 is 12.6 Å². The summed E-state index contributed by atoms with van der Waals surface area (Å²) in [5, 5.41) is 0.760. The highest BCUT2D eigenvalue weighted by Gasteiger charge is 2.75. The van der Waals surface area contributed by atoms with Crippen molar-refractivity contribution in [1.82, 2.24) is 0 Å². The molecule has 3 rings (SSSR count). The quantitative estimate of drug-likeness (QED) is 0.507. The van der Waals surface area contributed by atoms with E-state index in [1.165, 1.54) is 0 Å². The van der Waals surface area contributed by atoms with Crippen LogP contribution in [-0.2, 0) is 0 Å². The number of hydrogen-bond donors (Lipinski definition) is 1. The summed E-state index contributed by atoms with van der Waals surface area (Å²) >= 11 is 4.65. The normalized spacial score (nSPS) is 76.5. The van der Waals surface area contributed by atoms with E-state index in [4.69, 9.17) is 0 Å². The zero-order chi connectivity index (χ0) is 7.04. The van der Waals surface area contributed by atoms with Crippen LogP contribution in [0.5, 0.6) is 0 Å². The molecule has 3 aliphatic rings. The first-order valence-electron chi connectivity index (χ1n) is 4.41. The van der Waals surface area contributed by atoms with Crippen molar-refractivity contribution in [2.45, 2.75) is 19.1 Å². The van der Waals surface area contributed by atoms with Gasteiger partial charge in [0.1, 0.15) is 0 Å². The van der Waals surface area contributed by atoms with Gasteiger partial charge in [-0.25, -0.2) is 0 Å². The summed E-state index contributed by atoms with van der Waals surface area (Å²) in [6, 6.07) is 0. The molecule has 0 radical (unpaired) electrons. The highest BCUT2D eigenvalue weighted by Crippen LogP contribution is 2.78. The lowest BCUT2D eigenvalue weighted by Crippen LogP contribution is -2.36. The zero-order valence-corrected chi connectivity index (χ0v) is 7.38. The summed E-state index contributed by atoms with van der Waals surface area (Å²) in [6.07, 6.45) is 0. The molecule has 0 aliphatic heterocycles. The van der Waals surface area contributed by atoms with Gasteiger partial charge in [0.15, 0.2) is 0 Å². The van der Waals surface area contributed by atoms with E-state index in [-0.39, 0.29) is 0 Å². The Bertz CT molecular complexity index is 187. The van der Waals surface area contributed by atoms with Crippen molar-refractivity contribution in [2.75, 3.05) is 0 Å². The molecular weight excluding hydrogens is 140 g/mol. The van der Waals surface area contributed by atoms with Crippen molar-refractivity contribution >= 4 is 12.6 Å². The highest BCUT2D eigenvalue weighted by molar-refractivity contribution is 7.81. The lowest BCUT2D eigenvalue weighted by atomic mass is 9.67. The number of rotatable bonds is 0. The summed E-state index contributed by atoms with van der Waals surface area (Å²) in [4.78, 5) is 0. The smallest absolute Gasteiger partial charge is 0.00792 e. The Morgan fingerprint density at radius 2 is 1.50 bits per heavy atom. The van der Waals surface area contributed by atoms with Crippen molar-refractivity contribution in [1.29, 1.82) is 0 Å². The molecule has 3 aliphatic carbocycles. The highest BCUT2D eigenvalue weighted by atomic mass is 32.1. The molecule has 7 unspecified atom stereocenters. The van der Waals surface area contributed by atoms with Crippen LogP contribution in [0.1, 0.15) is 13.8 Å². The molecule has 1 heteroatoms. The monoisotopic (exact) mass is 154 g/mol. The Balaban J connectivity index is 1.95. The van der Waals surface area contributed by atoms with Crippen molar-refractivity contribution in [2.24, 2.45) is 35.5 Å². The van der Waals surface area contributed by atoms with E-state index in [1.54, 1.807) is 0 Å². The summed E-state index contributed by atoms with van der Waals surface area (Å²) < 4.78 is 0. The molecule has 10 heavy (non-hydrogen) atoms. The molecule has 0 aromatic carbocycles. The number of fused-ring (bicyclic) bond motifs is 1. The SMILES string of the molecule is CC1C(S)C2C3C(C)C1C32. The molecule has 0 aromatic rings. The summed E-state index contributed by atoms with van der Waals surface area (Å²) in [5.74, 6) is 6.32. The molecule has 0 heterocycles. The lowest BCUT2D eigenvalue weighted by Gasteiger charge is -2.39. The van der Waals surface area contributed by atoms with Gasteiger partial charge in [0.2, 0.25) is 0 Å². The molecule has 0 aromatic heterocycles. The molecule has 0 spiro atoms. The van der Waals surface area contributed by atoms with Gasteiger partial charge in [-0.05, 0) is 35.5 Å². The number of thiol groups is 1. The van der Waals surface area contributed by atoms with E-state index in [9.17, 15) is 0 Å². The molecule has 0 saturated heterocycles. The van der Waals surface area contributed by atoms with Crippen molar-refractivity contribution in [3.05, 3.63) is 0 Å². The fourth-order valence-electron chi connectivity index (χ4n) is 3.92. The molecule has 0 amide bonds. The minimum atomic E-state index is 0.760. The first kappa shape index (κ1) is 5.93. The van der Waals surface area contributed by atoms with Gasteiger partial charge in [-0.15, -0.1) is 0 Å². The van der Waals surface area contributed by atoms with E-state index in [2.05, 4.69) is 26.5 Å². The molecule has 3 saturated carbocycles. The molecule has 7 atom stereocenters. The van der Waals surface area contributed by atoms with Gasteiger partial charge < -0.3 is 0 Å². The fraction of sp³-hybridized carbons (Fsp3) is 1.00. The molecule has 0 bridgehead atoms. The molecular formula is C9H14S. The third-order valence-corrected chi connectivity index (χ3v) is 5.21. The molecule has 0 N–H and O–H groups in total. The van der Waals surface area contributed by atoms with Crippen LogP contribution in [0.4, 0.5) is 0 Å². The molecule has 56 valence electrons. The maximum Gasteiger partial charge on any atom is 0.00792 e. The fourth-order valence-corrected chi connectivity index (χ4v) is 4.52. The van der Waals surface area contributed by atoms with Gasteiger partial charge in [0, 0.05) is 5.25 Å². The Kier molecular flexibility index (Phi) is 0.848. The predicted molar refractivity (Wildman–Crippen MR) is 45.1 cm³/mol. The van der Waals surface area contributed by atoms with E-state index in [1.807, 2.05) is 0 Å². The van der Waals surface area contributed by atoms with Gasteiger partial charge in [-0.3, -0.25) is 0 Å². The minimum Gasteiger partial charge on any atom is -0.175 e. The average molecular weight is 154 g/mol. The van der Waals surface area contributed by atoms with Gasteiger partial charge in [0.05, 0.1) is 0 Å². The third kappa shape index (κ3) is 0.382. The van der Waals surface area contributed by atoms with Gasteiger partial charge in [0.25, 0.3) is 0 Å². The Labute approximate surface area is 67.8 Å². The maximum atomic E-state index is 4.65. The van der Waals surface area contributed by atoms with Crippen LogP contribution in [0.2, 0.25) is 0 Å². The lowest BCUT2D eigenvalue weighted by molar-refractivity contribution is 0.108. The Morgan fingerprint density at radius 3 is 1.90 bits per heavy atom. The first-order chi connectivity index (χ1) is 4.73. The van der Waals surface area contributed by atoms with Crippen LogP contribution in [-0.4, -0.2) is 5.25 Å². The third-order valence-electron chi connectivity index (χ3n) is 4.39. The average Bonchev–Trinajstić information content (AvgIpc) is 2.49. The van der Waals surface area contributed by atoms with E-state index in [0.29, 0.717) is 0 Å². The summed E-state index contributed by atoms with van der Waals surface area (Å²) in [6.45, 7) is 4.82. The minimum absolute atomic E-state index is 0.760. The predicted octanol–water partition coefficient (Wildman–Crippen LogP) is 2.06. The van der Waals surface area contributed by atoms with Crippen LogP contribution in [0.3, 0.4) is 0 Å². The van der Waals surface area contributed by atoms with Crippen LogP contribution in [0.25, 0.3) is 0 Å². The topological polar surface area (TPSA) is 0 Å². The summed E-state index contributed by atoms with van der Waals surface area (Å²) in [5.41, 5.74) is 0.